The largest absolute Gasteiger partial charge is 0.369 e. The first-order chi connectivity index (χ1) is 8.32. The highest BCUT2D eigenvalue weighted by Gasteiger charge is 2.28. The fraction of sp³-hybridized carbons (Fsp3) is 0.615. The monoisotopic (exact) mass is 269 g/mol. The van der Waals surface area contributed by atoms with Crippen LogP contribution in [0.3, 0.4) is 0 Å². The third-order valence-corrected chi connectivity index (χ3v) is 3.98. The standard InChI is InChI=1S/C13H23N3OS/c1-8(2)16(7-12(15)17)13(10(4)14)11-6-5-9(3)18-11/h5-6,8,10,13H,7,14H2,1-4H3,(H2,15,17). The van der Waals surface area contributed by atoms with E-state index in [0.717, 1.165) is 0 Å². The molecule has 0 aliphatic carbocycles. The summed E-state index contributed by atoms with van der Waals surface area (Å²) in [5, 5.41) is 0. The van der Waals surface area contributed by atoms with Crippen molar-refractivity contribution in [2.75, 3.05) is 6.54 Å². The Bertz CT molecular complexity index is 401. The van der Waals surface area contributed by atoms with Gasteiger partial charge in [-0.05, 0) is 39.8 Å². The summed E-state index contributed by atoms with van der Waals surface area (Å²) in [7, 11) is 0. The Morgan fingerprint density at radius 3 is 2.33 bits per heavy atom. The lowest BCUT2D eigenvalue weighted by atomic mass is 10.0. The lowest BCUT2D eigenvalue weighted by molar-refractivity contribution is -0.120. The lowest BCUT2D eigenvalue weighted by Gasteiger charge is -2.35. The Labute approximate surface area is 113 Å². The first-order valence-electron chi connectivity index (χ1n) is 6.19. The summed E-state index contributed by atoms with van der Waals surface area (Å²) in [5.74, 6) is -0.317. The molecule has 4 nitrogen and oxygen atoms in total. The molecular weight excluding hydrogens is 246 g/mol. The minimum absolute atomic E-state index is 0.0381. The number of rotatable bonds is 6. The van der Waals surface area contributed by atoms with Gasteiger partial charge in [0, 0.05) is 21.8 Å². The van der Waals surface area contributed by atoms with E-state index in [2.05, 4.69) is 37.8 Å². The van der Waals surface area contributed by atoms with Gasteiger partial charge in [0.05, 0.1) is 12.6 Å². The molecule has 4 N–H and O–H groups in total. The third-order valence-electron chi connectivity index (χ3n) is 2.91. The molecule has 0 aromatic carbocycles. The van der Waals surface area contributed by atoms with Gasteiger partial charge in [-0.3, -0.25) is 9.69 Å². The van der Waals surface area contributed by atoms with Crippen LogP contribution in [0.4, 0.5) is 0 Å². The van der Waals surface area contributed by atoms with Crippen molar-refractivity contribution < 1.29 is 4.79 Å². The van der Waals surface area contributed by atoms with E-state index in [-0.39, 0.29) is 30.6 Å². The average molecular weight is 269 g/mol. The number of thiophene rings is 1. The Balaban J connectivity index is 3.04. The fourth-order valence-corrected chi connectivity index (χ4v) is 3.23. The summed E-state index contributed by atoms with van der Waals surface area (Å²) < 4.78 is 0. The third kappa shape index (κ3) is 3.80. The molecule has 0 saturated heterocycles. The molecule has 1 rings (SSSR count). The highest BCUT2D eigenvalue weighted by Crippen LogP contribution is 2.30. The van der Waals surface area contributed by atoms with Gasteiger partial charge in [0.15, 0.2) is 0 Å². The summed E-state index contributed by atoms with van der Waals surface area (Å²) in [5.41, 5.74) is 11.4. The van der Waals surface area contributed by atoms with E-state index in [1.807, 2.05) is 6.92 Å². The molecule has 0 bridgehead atoms. The predicted molar refractivity (Wildman–Crippen MR) is 76.5 cm³/mol. The molecule has 0 aliphatic rings. The lowest BCUT2D eigenvalue weighted by Crippen LogP contribution is -2.46. The van der Waals surface area contributed by atoms with E-state index in [4.69, 9.17) is 11.5 Å². The van der Waals surface area contributed by atoms with Crippen molar-refractivity contribution in [1.29, 1.82) is 0 Å². The average Bonchev–Trinajstić information content (AvgIpc) is 2.62. The summed E-state index contributed by atoms with van der Waals surface area (Å²) in [6.45, 7) is 8.38. The zero-order valence-corrected chi connectivity index (χ0v) is 12.3. The predicted octanol–water partition coefficient (Wildman–Crippen LogP) is 1.64. The van der Waals surface area contributed by atoms with E-state index in [9.17, 15) is 4.79 Å². The summed E-state index contributed by atoms with van der Waals surface area (Å²) in [4.78, 5) is 15.7. The molecule has 1 aromatic heterocycles. The van der Waals surface area contributed by atoms with Crippen LogP contribution in [0.5, 0.6) is 0 Å². The molecule has 1 heterocycles. The van der Waals surface area contributed by atoms with E-state index in [0.29, 0.717) is 0 Å². The maximum absolute atomic E-state index is 11.2. The quantitative estimate of drug-likeness (QED) is 0.824. The SMILES string of the molecule is Cc1ccc(C(C(C)N)N(CC(N)=O)C(C)C)s1. The number of hydrogen-bond donors (Lipinski definition) is 2. The highest BCUT2D eigenvalue weighted by atomic mass is 32.1. The van der Waals surface area contributed by atoms with Gasteiger partial charge in [-0.25, -0.2) is 0 Å². The van der Waals surface area contributed by atoms with Crippen molar-refractivity contribution in [3.05, 3.63) is 21.9 Å². The number of hydrogen-bond acceptors (Lipinski definition) is 4. The Morgan fingerprint density at radius 2 is 2.00 bits per heavy atom. The molecule has 0 spiro atoms. The normalized spacial score (nSPS) is 15.1. The van der Waals surface area contributed by atoms with Crippen molar-refractivity contribution in [2.45, 2.75) is 45.8 Å². The molecule has 2 unspecified atom stereocenters. The van der Waals surface area contributed by atoms with Crippen LogP contribution in [0.25, 0.3) is 0 Å². The van der Waals surface area contributed by atoms with Crippen LogP contribution >= 0.6 is 11.3 Å². The van der Waals surface area contributed by atoms with E-state index in [1.165, 1.54) is 9.75 Å². The highest BCUT2D eigenvalue weighted by molar-refractivity contribution is 7.12. The minimum atomic E-state index is -0.317. The van der Waals surface area contributed by atoms with E-state index in [1.54, 1.807) is 11.3 Å². The second-order valence-electron chi connectivity index (χ2n) is 4.98. The van der Waals surface area contributed by atoms with Crippen molar-refractivity contribution in [3.63, 3.8) is 0 Å². The number of nitrogens with two attached hydrogens (primary N) is 2. The van der Waals surface area contributed by atoms with Crippen LogP contribution in [0, 0.1) is 6.92 Å². The van der Waals surface area contributed by atoms with Crippen molar-refractivity contribution in [1.82, 2.24) is 4.90 Å². The summed E-state index contributed by atoms with van der Waals surface area (Å²) >= 11 is 1.72. The summed E-state index contributed by atoms with van der Waals surface area (Å²) in [6, 6.07) is 4.37. The number of aryl methyl sites for hydroxylation is 1. The van der Waals surface area contributed by atoms with Gasteiger partial charge in [0.25, 0.3) is 0 Å². The van der Waals surface area contributed by atoms with Gasteiger partial charge < -0.3 is 11.5 Å². The Morgan fingerprint density at radius 1 is 1.39 bits per heavy atom. The summed E-state index contributed by atoms with van der Waals surface area (Å²) in [6.07, 6.45) is 0. The van der Waals surface area contributed by atoms with Crippen molar-refractivity contribution >= 4 is 17.2 Å². The van der Waals surface area contributed by atoms with Gasteiger partial charge >= 0.3 is 0 Å². The number of carbonyl (C=O) groups excluding carboxylic acids is 1. The van der Waals surface area contributed by atoms with Gasteiger partial charge in [0.2, 0.25) is 5.91 Å². The molecular formula is C13H23N3OS. The van der Waals surface area contributed by atoms with Crippen molar-refractivity contribution in [2.24, 2.45) is 11.5 Å². The molecule has 102 valence electrons. The molecule has 18 heavy (non-hydrogen) atoms. The van der Waals surface area contributed by atoms with Crippen molar-refractivity contribution in [3.8, 4) is 0 Å². The second kappa shape index (κ2) is 6.31. The van der Waals surface area contributed by atoms with Gasteiger partial charge in [-0.1, -0.05) is 0 Å². The molecule has 0 saturated carbocycles. The zero-order chi connectivity index (χ0) is 13.9. The second-order valence-corrected chi connectivity index (χ2v) is 6.30. The molecule has 0 fully saturated rings. The molecule has 1 aromatic rings. The van der Waals surface area contributed by atoms with E-state index < -0.39 is 0 Å². The first-order valence-corrected chi connectivity index (χ1v) is 7.00. The van der Waals surface area contributed by atoms with Crippen LogP contribution in [-0.2, 0) is 4.79 Å². The van der Waals surface area contributed by atoms with Gasteiger partial charge in [-0.2, -0.15) is 0 Å². The number of amides is 1. The van der Waals surface area contributed by atoms with Gasteiger partial charge in [-0.15, -0.1) is 11.3 Å². The number of primary amides is 1. The maximum Gasteiger partial charge on any atom is 0.231 e. The van der Waals surface area contributed by atoms with Crippen LogP contribution in [0.15, 0.2) is 12.1 Å². The smallest absolute Gasteiger partial charge is 0.231 e. The Kier molecular flexibility index (Phi) is 5.31. The molecule has 1 amide bonds. The van der Waals surface area contributed by atoms with Crippen LogP contribution in [0.1, 0.15) is 36.6 Å². The van der Waals surface area contributed by atoms with Crippen LogP contribution in [0.2, 0.25) is 0 Å². The number of carbonyl (C=O) groups is 1. The van der Waals surface area contributed by atoms with Crippen LogP contribution in [-0.4, -0.2) is 29.4 Å². The molecule has 0 radical (unpaired) electrons. The minimum Gasteiger partial charge on any atom is -0.369 e. The molecule has 0 aliphatic heterocycles. The fourth-order valence-electron chi connectivity index (χ4n) is 2.12. The number of nitrogens with zero attached hydrogens (tertiary/aromatic N) is 1. The zero-order valence-electron chi connectivity index (χ0n) is 11.5. The maximum atomic E-state index is 11.2. The Hall–Kier alpha value is -0.910. The van der Waals surface area contributed by atoms with Gasteiger partial charge in [0.1, 0.15) is 0 Å². The van der Waals surface area contributed by atoms with Crippen LogP contribution < -0.4 is 11.5 Å². The molecule has 5 heteroatoms. The topological polar surface area (TPSA) is 72.3 Å². The first kappa shape index (κ1) is 15.1. The molecule has 2 atom stereocenters. The van der Waals surface area contributed by atoms with E-state index >= 15 is 0 Å².